The first-order valence-electron chi connectivity index (χ1n) is 9.05. The highest BCUT2D eigenvalue weighted by molar-refractivity contribution is 5.73. The lowest BCUT2D eigenvalue weighted by Crippen LogP contribution is -2.09. The maximum absolute atomic E-state index is 10.5. The van der Waals surface area contributed by atoms with Crippen LogP contribution in [0.15, 0.2) is 0 Å². The summed E-state index contributed by atoms with van der Waals surface area (Å²) in [4.78, 5) is 10.5. The van der Waals surface area contributed by atoms with Gasteiger partial charge in [-0.05, 0) is 6.42 Å². The van der Waals surface area contributed by atoms with Gasteiger partial charge in [-0.1, -0.05) is 97.8 Å². The number of amides is 1. The summed E-state index contributed by atoms with van der Waals surface area (Å²) in [5, 5.41) is 0. The molecule has 0 aliphatic heterocycles. The Morgan fingerprint density at radius 3 is 1.30 bits per heavy atom. The molecule has 0 atom stereocenters. The van der Waals surface area contributed by atoms with Gasteiger partial charge in [-0.15, -0.1) is 0 Å². The van der Waals surface area contributed by atoms with Crippen molar-refractivity contribution >= 4 is 5.91 Å². The van der Waals surface area contributed by atoms with Crippen LogP contribution >= 0.6 is 0 Å². The Morgan fingerprint density at radius 1 is 0.700 bits per heavy atom. The molecule has 2 N–H and O–H groups in total. The lowest BCUT2D eigenvalue weighted by molar-refractivity contribution is -0.118. The Bertz CT molecular complexity index is 186. The van der Waals surface area contributed by atoms with Crippen LogP contribution in [0.3, 0.4) is 0 Å². The Hall–Kier alpha value is -0.530. The zero-order valence-electron chi connectivity index (χ0n) is 14.4. The molecule has 0 aromatic carbocycles. The van der Waals surface area contributed by atoms with E-state index in [9.17, 15) is 4.79 Å². The summed E-state index contributed by atoms with van der Waals surface area (Å²) in [7, 11) is 0. The molecule has 0 aliphatic rings. The molecular weight excluding hydrogens is 246 g/mol. The Labute approximate surface area is 129 Å². The van der Waals surface area contributed by atoms with Gasteiger partial charge in [-0.25, -0.2) is 0 Å². The molecule has 1 amide bonds. The lowest BCUT2D eigenvalue weighted by atomic mass is 10.0. The van der Waals surface area contributed by atoms with Crippen molar-refractivity contribution in [3.8, 4) is 0 Å². The monoisotopic (exact) mass is 287 g/mol. The molecule has 0 heterocycles. The Balaban J connectivity index is -0.00000103. The van der Waals surface area contributed by atoms with Gasteiger partial charge in [0, 0.05) is 7.85 Å². The third kappa shape index (κ3) is 22.6. The topological polar surface area (TPSA) is 43.1 Å². The predicted octanol–water partition coefficient (Wildman–Crippen LogP) is 6.23. The molecule has 124 valence electrons. The summed E-state index contributed by atoms with van der Waals surface area (Å²) >= 11 is 0. The molecule has 0 aromatic heterocycles. The standard InChI is InChI=1S/C16H33NO.C2H6.H2/c1-2-3-4-5-6-7-8-9-10-11-12-13-14-15-16(17)18;1-2;/h2-15H2,1H3,(H2,17,18);1-2H3;1H. The fourth-order valence-electron chi connectivity index (χ4n) is 2.32. The lowest BCUT2D eigenvalue weighted by Gasteiger charge is -2.02. The molecule has 20 heavy (non-hydrogen) atoms. The van der Waals surface area contributed by atoms with E-state index < -0.39 is 0 Å². The number of hydrogen-bond acceptors (Lipinski definition) is 1. The predicted molar refractivity (Wildman–Crippen MR) is 93.0 cm³/mol. The number of hydrogen-bond donors (Lipinski definition) is 1. The highest BCUT2D eigenvalue weighted by Crippen LogP contribution is 2.12. The highest BCUT2D eigenvalue weighted by Gasteiger charge is 1.95. The minimum Gasteiger partial charge on any atom is -0.370 e. The van der Waals surface area contributed by atoms with E-state index in [-0.39, 0.29) is 7.33 Å². The average Bonchev–Trinajstić information content (AvgIpc) is 2.46. The SMILES string of the molecule is CC.CCCCCCCCCCCCCCCC(N)=O.[HH]. The molecule has 0 radical (unpaired) electrons. The van der Waals surface area contributed by atoms with Crippen molar-refractivity contribution < 1.29 is 6.22 Å². The van der Waals surface area contributed by atoms with Crippen molar-refractivity contribution in [2.24, 2.45) is 5.73 Å². The van der Waals surface area contributed by atoms with E-state index in [1.807, 2.05) is 13.8 Å². The van der Waals surface area contributed by atoms with Gasteiger partial charge in [-0.2, -0.15) is 0 Å². The van der Waals surface area contributed by atoms with Crippen LogP contribution in [0, 0.1) is 0 Å². The van der Waals surface area contributed by atoms with E-state index in [1.54, 1.807) is 0 Å². The number of nitrogens with two attached hydrogens (primary N) is 1. The molecule has 2 nitrogen and oxygen atoms in total. The average molecular weight is 288 g/mol. The summed E-state index contributed by atoms with van der Waals surface area (Å²) < 4.78 is 0. The van der Waals surface area contributed by atoms with Gasteiger partial charge in [-0.3, -0.25) is 4.79 Å². The quantitative estimate of drug-likeness (QED) is 0.378. The van der Waals surface area contributed by atoms with Crippen molar-refractivity contribution in [3.63, 3.8) is 0 Å². The molecule has 0 fully saturated rings. The first kappa shape index (κ1) is 21.8. The molecule has 0 rings (SSSR count). The molecular formula is C18H41NO. The highest BCUT2D eigenvalue weighted by atomic mass is 16.1. The molecule has 0 saturated carbocycles. The van der Waals surface area contributed by atoms with Crippen molar-refractivity contribution in [2.45, 2.75) is 111 Å². The van der Waals surface area contributed by atoms with Crippen LogP contribution in [0.1, 0.15) is 112 Å². The van der Waals surface area contributed by atoms with Gasteiger partial charge in [0.05, 0.1) is 0 Å². The second kappa shape index (κ2) is 20.8. The van der Waals surface area contributed by atoms with Gasteiger partial charge >= 0.3 is 0 Å². The van der Waals surface area contributed by atoms with Gasteiger partial charge in [0.2, 0.25) is 5.91 Å². The van der Waals surface area contributed by atoms with E-state index in [4.69, 9.17) is 5.73 Å². The van der Waals surface area contributed by atoms with Gasteiger partial charge in [0.25, 0.3) is 0 Å². The second-order valence-electron chi connectivity index (χ2n) is 5.46. The third-order valence-corrected chi connectivity index (χ3v) is 3.53. The molecule has 0 bridgehead atoms. The number of carbonyl (C=O) groups excluding carboxylic acids is 1. The van der Waals surface area contributed by atoms with Crippen molar-refractivity contribution in [1.82, 2.24) is 0 Å². The molecule has 0 spiro atoms. The first-order valence-corrected chi connectivity index (χ1v) is 9.05. The fraction of sp³-hybridized carbons (Fsp3) is 0.944. The largest absolute Gasteiger partial charge is 0.370 e. The zero-order chi connectivity index (χ0) is 15.5. The summed E-state index contributed by atoms with van der Waals surface area (Å²) in [6.07, 6.45) is 17.9. The van der Waals surface area contributed by atoms with Crippen LogP contribution in [0.2, 0.25) is 0 Å². The summed E-state index contributed by atoms with van der Waals surface area (Å²) in [6.45, 7) is 6.27. The van der Waals surface area contributed by atoms with Gasteiger partial charge in [0.1, 0.15) is 0 Å². The van der Waals surface area contributed by atoms with Crippen molar-refractivity contribution in [3.05, 3.63) is 0 Å². The molecule has 0 aromatic rings. The van der Waals surface area contributed by atoms with E-state index in [0.29, 0.717) is 6.42 Å². The van der Waals surface area contributed by atoms with Crippen molar-refractivity contribution in [1.29, 1.82) is 0 Å². The number of primary amides is 1. The van der Waals surface area contributed by atoms with Gasteiger partial charge < -0.3 is 5.73 Å². The van der Waals surface area contributed by atoms with Crippen LogP contribution < -0.4 is 5.73 Å². The number of rotatable bonds is 14. The maximum atomic E-state index is 10.5. The molecule has 0 unspecified atom stereocenters. The first-order chi connectivity index (χ1) is 9.77. The molecule has 2 heteroatoms. The molecule has 0 aliphatic carbocycles. The normalized spacial score (nSPS) is 9.95. The van der Waals surface area contributed by atoms with Gasteiger partial charge in [0.15, 0.2) is 0 Å². The van der Waals surface area contributed by atoms with Crippen LogP contribution in [-0.4, -0.2) is 5.91 Å². The van der Waals surface area contributed by atoms with E-state index in [0.717, 1.165) is 6.42 Å². The van der Waals surface area contributed by atoms with Crippen LogP contribution in [-0.2, 0) is 4.79 Å². The Kier molecular flexibility index (Phi) is 22.6. The summed E-state index contributed by atoms with van der Waals surface area (Å²) in [6, 6.07) is 0. The third-order valence-electron chi connectivity index (χ3n) is 3.53. The fourth-order valence-corrected chi connectivity index (χ4v) is 2.32. The smallest absolute Gasteiger partial charge is 0.217 e. The maximum Gasteiger partial charge on any atom is 0.217 e. The van der Waals surface area contributed by atoms with E-state index in [1.165, 1.54) is 77.0 Å². The minimum atomic E-state index is -0.155. The zero-order valence-corrected chi connectivity index (χ0v) is 14.4. The van der Waals surface area contributed by atoms with Crippen molar-refractivity contribution in [2.75, 3.05) is 0 Å². The number of unbranched alkanes of at least 4 members (excludes halogenated alkanes) is 12. The van der Waals surface area contributed by atoms with E-state index >= 15 is 0 Å². The number of carbonyl (C=O) groups is 1. The van der Waals surface area contributed by atoms with Crippen LogP contribution in [0.4, 0.5) is 0 Å². The Morgan fingerprint density at radius 2 is 1.00 bits per heavy atom. The summed E-state index contributed by atoms with van der Waals surface area (Å²) in [5.41, 5.74) is 5.09. The van der Waals surface area contributed by atoms with Crippen LogP contribution in [0.5, 0.6) is 0 Å². The summed E-state index contributed by atoms with van der Waals surface area (Å²) in [5.74, 6) is -0.155. The minimum absolute atomic E-state index is 0. The second-order valence-corrected chi connectivity index (χ2v) is 5.46. The van der Waals surface area contributed by atoms with Crippen LogP contribution in [0.25, 0.3) is 0 Å². The van der Waals surface area contributed by atoms with E-state index in [2.05, 4.69) is 6.92 Å². The molecule has 0 saturated heterocycles.